The Morgan fingerprint density at radius 1 is 0.971 bits per heavy atom. The Kier molecular flexibility index (Phi) is 6.36. The second-order valence-electron chi connectivity index (χ2n) is 7.62. The molecule has 3 heterocycles. The average molecular weight is 502 g/mol. The summed E-state index contributed by atoms with van der Waals surface area (Å²) in [5.41, 5.74) is 1.68. The van der Waals surface area contributed by atoms with Gasteiger partial charge in [-0.05, 0) is 42.8 Å². The maximum Gasteiger partial charge on any atom is 0.266 e. The van der Waals surface area contributed by atoms with Crippen LogP contribution in [-0.4, -0.2) is 24.5 Å². The molecule has 0 aliphatic carbocycles. The van der Waals surface area contributed by atoms with E-state index in [-0.39, 0.29) is 17.5 Å². The number of benzene rings is 2. The van der Waals surface area contributed by atoms with Crippen LogP contribution in [0.15, 0.2) is 105 Å². The van der Waals surface area contributed by atoms with E-state index < -0.39 is 0 Å². The van der Waals surface area contributed by atoms with Gasteiger partial charge in [0.05, 0.1) is 16.5 Å². The van der Waals surface area contributed by atoms with Crippen LogP contribution in [0, 0.1) is 0 Å². The summed E-state index contributed by atoms with van der Waals surface area (Å²) in [5, 5.41) is 0.545. The molecule has 0 bridgehead atoms. The number of pyridine rings is 1. The van der Waals surface area contributed by atoms with E-state index in [1.165, 1.54) is 27.9 Å². The minimum Gasteiger partial charge on any atom is -0.286 e. The smallest absolute Gasteiger partial charge is 0.266 e. The molecule has 1 aliphatic rings. The highest BCUT2D eigenvalue weighted by atomic mass is 32.2. The van der Waals surface area contributed by atoms with Crippen molar-refractivity contribution in [1.29, 1.82) is 0 Å². The Morgan fingerprint density at radius 3 is 2.38 bits per heavy atom. The van der Waals surface area contributed by atoms with Gasteiger partial charge >= 0.3 is 0 Å². The van der Waals surface area contributed by atoms with Crippen LogP contribution < -0.4 is 5.56 Å². The van der Waals surface area contributed by atoms with Crippen LogP contribution in [0.25, 0.3) is 11.7 Å². The van der Waals surface area contributed by atoms with Crippen LogP contribution in [0.1, 0.15) is 24.1 Å². The SMILES string of the molecule is CC(c1ccccc1)N1C(=O)/C(=C/c2c(Sc3ccccc3)nc3ccccn3c2=O)SC1=S. The number of hydrogen-bond acceptors (Lipinski definition) is 6. The molecular weight excluding hydrogens is 483 g/mol. The van der Waals surface area contributed by atoms with Gasteiger partial charge in [0.25, 0.3) is 11.5 Å². The molecule has 1 saturated heterocycles. The van der Waals surface area contributed by atoms with Crippen molar-refractivity contribution in [3.05, 3.63) is 111 Å². The Balaban J connectivity index is 1.58. The maximum absolute atomic E-state index is 13.5. The molecule has 1 unspecified atom stereocenters. The van der Waals surface area contributed by atoms with Crippen molar-refractivity contribution in [2.24, 2.45) is 0 Å². The number of thiocarbonyl (C=S) groups is 1. The molecule has 1 aliphatic heterocycles. The minimum absolute atomic E-state index is 0.209. The first kappa shape index (κ1) is 22.6. The summed E-state index contributed by atoms with van der Waals surface area (Å²) in [5.74, 6) is -0.209. The number of aromatic nitrogens is 2. The van der Waals surface area contributed by atoms with E-state index in [0.29, 0.717) is 25.5 Å². The van der Waals surface area contributed by atoms with E-state index in [1.807, 2.05) is 73.7 Å². The van der Waals surface area contributed by atoms with Gasteiger partial charge in [-0.1, -0.05) is 90.3 Å². The second-order valence-corrected chi connectivity index (χ2v) is 10.4. The van der Waals surface area contributed by atoms with E-state index >= 15 is 0 Å². The van der Waals surface area contributed by atoms with Gasteiger partial charge < -0.3 is 0 Å². The van der Waals surface area contributed by atoms with Crippen molar-refractivity contribution in [1.82, 2.24) is 14.3 Å². The van der Waals surface area contributed by atoms with Gasteiger partial charge in [-0.3, -0.25) is 18.9 Å². The zero-order valence-corrected chi connectivity index (χ0v) is 20.6. The Hall–Kier alpha value is -3.20. The molecule has 2 aromatic carbocycles. The first-order valence-electron chi connectivity index (χ1n) is 10.6. The summed E-state index contributed by atoms with van der Waals surface area (Å²) in [7, 11) is 0. The quantitative estimate of drug-likeness (QED) is 0.195. The van der Waals surface area contributed by atoms with Crippen molar-refractivity contribution in [3.8, 4) is 0 Å². The zero-order valence-electron chi connectivity index (χ0n) is 18.1. The molecule has 1 fully saturated rings. The third kappa shape index (κ3) is 4.32. The molecule has 1 amide bonds. The van der Waals surface area contributed by atoms with Gasteiger partial charge in [0, 0.05) is 11.1 Å². The first-order chi connectivity index (χ1) is 16.5. The van der Waals surface area contributed by atoms with Crippen molar-refractivity contribution in [2.45, 2.75) is 22.9 Å². The maximum atomic E-state index is 13.5. The van der Waals surface area contributed by atoms with Gasteiger partial charge in [-0.15, -0.1) is 0 Å². The fraction of sp³-hybridized carbons (Fsp3) is 0.0769. The van der Waals surface area contributed by atoms with Crippen molar-refractivity contribution >= 4 is 57.7 Å². The first-order valence-corrected chi connectivity index (χ1v) is 12.6. The van der Waals surface area contributed by atoms with Gasteiger partial charge in [-0.25, -0.2) is 4.98 Å². The number of thioether (sulfide) groups is 1. The van der Waals surface area contributed by atoms with E-state index in [4.69, 9.17) is 17.2 Å². The van der Waals surface area contributed by atoms with E-state index in [2.05, 4.69) is 0 Å². The van der Waals surface area contributed by atoms with Crippen LogP contribution in [0.3, 0.4) is 0 Å². The standard InChI is InChI=1S/C26H19N3O2S3/c1-17(18-10-4-2-5-11-18)29-25(31)21(34-26(29)32)16-20-23(33-19-12-6-3-7-13-19)27-22-14-8-9-15-28(22)24(20)30/h2-17H,1H3/b21-16-. The number of nitrogens with zero attached hydrogens (tertiary/aromatic N) is 3. The lowest BCUT2D eigenvalue weighted by Crippen LogP contribution is -2.31. The van der Waals surface area contributed by atoms with Gasteiger partial charge in [0.15, 0.2) is 0 Å². The highest BCUT2D eigenvalue weighted by molar-refractivity contribution is 8.26. The van der Waals surface area contributed by atoms with E-state index in [1.54, 1.807) is 29.3 Å². The van der Waals surface area contributed by atoms with E-state index in [9.17, 15) is 9.59 Å². The number of hydrogen-bond donors (Lipinski definition) is 0. The molecular formula is C26H19N3O2S3. The summed E-state index contributed by atoms with van der Waals surface area (Å²) in [6.45, 7) is 1.95. The Morgan fingerprint density at radius 2 is 1.65 bits per heavy atom. The second kappa shape index (κ2) is 9.58. The number of amides is 1. The molecule has 8 heteroatoms. The summed E-state index contributed by atoms with van der Waals surface area (Å²) in [6, 6.07) is 24.7. The molecule has 0 spiro atoms. The zero-order chi connectivity index (χ0) is 23.7. The summed E-state index contributed by atoms with van der Waals surface area (Å²) in [4.78, 5) is 34.6. The lowest BCUT2D eigenvalue weighted by molar-refractivity contribution is -0.123. The highest BCUT2D eigenvalue weighted by Crippen LogP contribution is 2.39. The summed E-state index contributed by atoms with van der Waals surface area (Å²) < 4.78 is 1.97. The fourth-order valence-corrected chi connectivity index (χ4v) is 6.02. The Labute approximate surface area is 210 Å². The van der Waals surface area contributed by atoms with Gasteiger partial charge in [0.2, 0.25) is 0 Å². The summed E-state index contributed by atoms with van der Waals surface area (Å²) >= 11 is 8.17. The van der Waals surface area contributed by atoms with Crippen LogP contribution in [0.5, 0.6) is 0 Å². The lowest BCUT2D eigenvalue weighted by Gasteiger charge is -2.23. The molecule has 34 heavy (non-hydrogen) atoms. The largest absolute Gasteiger partial charge is 0.286 e. The predicted octanol–water partition coefficient (Wildman–Crippen LogP) is 5.81. The predicted molar refractivity (Wildman–Crippen MR) is 142 cm³/mol. The number of rotatable bonds is 5. The molecule has 0 saturated carbocycles. The molecule has 168 valence electrons. The molecule has 2 aromatic heterocycles. The van der Waals surface area contributed by atoms with Crippen molar-refractivity contribution in [2.75, 3.05) is 0 Å². The molecule has 5 nitrogen and oxygen atoms in total. The normalized spacial score (nSPS) is 15.9. The third-order valence-electron chi connectivity index (χ3n) is 5.46. The minimum atomic E-state index is -0.231. The third-order valence-corrected chi connectivity index (χ3v) is 7.80. The molecule has 0 N–H and O–H groups in total. The van der Waals surface area contributed by atoms with Crippen LogP contribution >= 0.6 is 35.7 Å². The molecule has 1 atom stereocenters. The fourth-order valence-electron chi connectivity index (χ4n) is 3.71. The lowest BCUT2D eigenvalue weighted by atomic mass is 10.1. The van der Waals surface area contributed by atoms with Crippen LogP contribution in [0.2, 0.25) is 0 Å². The van der Waals surface area contributed by atoms with E-state index in [0.717, 1.165) is 10.5 Å². The number of carbonyl (C=O) groups excluding carboxylic acids is 1. The molecule has 0 radical (unpaired) electrons. The van der Waals surface area contributed by atoms with Crippen LogP contribution in [-0.2, 0) is 4.79 Å². The highest BCUT2D eigenvalue weighted by Gasteiger charge is 2.36. The Bertz CT molecular complexity index is 1480. The number of fused-ring (bicyclic) bond motifs is 1. The van der Waals surface area contributed by atoms with Crippen molar-refractivity contribution in [3.63, 3.8) is 0 Å². The summed E-state index contributed by atoms with van der Waals surface area (Å²) in [6.07, 6.45) is 3.32. The van der Waals surface area contributed by atoms with Crippen molar-refractivity contribution < 1.29 is 4.79 Å². The number of carbonyl (C=O) groups is 1. The average Bonchev–Trinajstić information content (AvgIpc) is 3.14. The molecule has 4 aromatic rings. The van der Waals surface area contributed by atoms with Gasteiger partial charge in [-0.2, -0.15) is 0 Å². The van der Waals surface area contributed by atoms with Gasteiger partial charge in [0.1, 0.15) is 15.0 Å². The molecule has 5 rings (SSSR count). The topological polar surface area (TPSA) is 54.7 Å². The monoisotopic (exact) mass is 501 g/mol. The van der Waals surface area contributed by atoms with Crippen LogP contribution in [0.4, 0.5) is 0 Å².